The summed E-state index contributed by atoms with van der Waals surface area (Å²) in [5.74, 6) is 3.62. The minimum Gasteiger partial charge on any atom is -0.339 e. The van der Waals surface area contributed by atoms with Crippen LogP contribution < -0.4 is 0 Å². The van der Waals surface area contributed by atoms with Crippen LogP contribution >= 0.6 is 11.8 Å². The van der Waals surface area contributed by atoms with Crippen molar-refractivity contribution in [3.8, 4) is 6.07 Å². The fourth-order valence-electron chi connectivity index (χ4n) is 1.27. The van der Waals surface area contributed by atoms with E-state index in [0.717, 1.165) is 23.8 Å². The molecule has 5 heteroatoms. The fraction of sp³-hybridized carbons (Fsp3) is 0.727. The molecule has 88 valence electrons. The maximum Gasteiger partial charge on any atom is 0.226 e. The third-order valence-corrected chi connectivity index (χ3v) is 3.21. The molecule has 1 heterocycles. The summed E-state index contributed by atoms with van der Waals surface area (Å²) < 4.78 is 5.13. The van der Waals surface area contributed by atoms with Crippen LogP contribution in [0.15, 0.2) is 4.52 Å². The summed E-state index contributed by atoms with van der Waals surface area (Å²) in [7, 11) is 0. The maximum atomic E-state index is 8.54. The molecule has 0 radical (unpaired) electrons. The zero-order chi connectivity index (χ0) is 11.8. The van der Waals surface area contributed by atoms with Crippen molar-refractivity contribution in [3.63, 3.8) is 0 Å². The van der Waals surface area contributed by atoms with E-state index in [1.165, 1.54) is 0 Å². The van der Waals surface area contributed by atoms with Crippen LogP contribution in [0.5, 0.6) is 0 Å². The maximum absolute atomic E-state index is 8.54. The van der Waals surface area contributed by atoms with E-state index in [9.17, 15) is 0 Å². The first-order valence-corrected chi connectivity index (χ1v) is 6.67. The van der Waals surface area contributed by atoms with Crippen LogP contribution in [-0.2, 0) is 12.2 Å². The van der Waals surface area contributed by atoms with Gasteiger partial charge in [0.05, 0.1) is 11.8 Å². The van der Waals surface area contributed by atoms with Crippen molar-refractivity contribution in [1.29, 1.82) is 5.26 Å². The first-order valence-electron chi connectivity index (χ1n) is 5.52. The number of thioether (sulfide) groups is 1. The second-order valence-corrected chi connectivity index (χ2v) is 4.93. The molecule has 0 bridgehead atoms. The number of nitriles is 1. The van der Waals surface area contributed by atoms with E-state index in [2.05, 4.69) is 23.1 Å². The third-order valence-electron chi connectivity index (χ3n) is 2.05. The smallest absolute Gasteiger partial charge is 0.226 e. The van der Waals surface area contributed by atoms with E-state index < -0.39 is 0 Å². The van der Waals surface area contributed by atoms with Gasteiger partial charge in [0.15, 0.2) is 5.82 Å². The topological polar surface area (TPSA) is 62.7 Å². The molecule has 1 aromatic rings. The van der Waals surface area contributed by atoms with Gasteiger partial charge < -0.3 is 4.52 Å². The minimum atomic E-state index is 0.279. The van der Waals surface area contributed by atoms with Crippen LogP contribution in [0.3, 0.4) is 0 Å². The van der Waals surface area contributed by atoms with E-state index in [1.807, 2.05) is 18.7 Å². The quantitative estimate of drug-likeness (QED) is 0.685. The summed E-state index contributed by atoms with van der Waals surface area (Å²) in [6.45, 7) is 4.16. The molecule has 0 amide bonds. The molecular weight excluding hydrogens is 222 g/mol. The number of nitrogens with zero attached hydrogens (tertiary/aromatic N) is 3. The molecule has 16 heavy (non-hydrogen) atoms. The molecule has 0 saturated carbocycles. The highest BCUT2D eigenvalue weighted by atomic mass is 32.2. The average Bonchev–Trinajstić information content (AvgIpc) is 2.66. The number of hydrogen-bond donors (Lipinski definition) is 0. The zero-order valence-electron chi connectivity index (χ0n) is 9.77. The molecule has 1 atom stereocenters. The third kappa shape index (κ3) is 4.67. The largest absolute Gasteiger partial charge is 0.339 e. The van der Waals surface area contributed by atoms with Crippen LogP contribution in [-0.4, -0.2) is 15.9 Å². The van der Waals surface area contributed by atoms with Gasteiger partial charge in [-0.2, -0.15) is 22.0 Å². The molecular formula is C11H17N3OS. The fourth-order valence-corrected chi connectivity index (χ4v) is 2.00. The molecule has 0 aliphatic heterocycles. The van der Waals surface area contributed by atoms with Crippen LogP contribution in [0, 0.1) is 17.2 Å². The van der Waals surface area contributed by atoms with Gasteiger partial charge in [0.2, 0.25) is 5.89 Å². The Morgan fingerprint density at radius 3 is 3.06 bits per heavy atom. The lowest BCUT2D eigenvalue weighted by Gasteiger charge is -2.00. The Balaban J connectivity index is 2.36. The molecule has 0 aromatic carbocycles. The summed E-state index contributed by atoms with van der Waals surface area (Å²) in [4.78, 5) is 4.30. The van der Waals surface area contributed by atoms with Gasteiger partial charge in [0, 0.05) is 12.8 Å². The summed E-state index contributed by atoms with van der Waals surface area (Å²) in [6, 6.07) is 2.14. The molecule has 1 unspecified atom stereocenters. The highest BCUT2D eigenvalue weighted by Gasteiger charge is 2.10. The Labute approximate surface area is 100 Å². The molecule has 1 rings (SSSR count). The second kappa shape index (κ2) is 7.29. The van der Waals surface area contributed by atoms with Crippen molar-refractivity contribution in [2.75, 3.05) is 5.75 Å². The van der Waals surface area contributed by atoms with Gasteiger partial charge in [-0.1, -0.05) is 19.0 Å². The van der Waals surface area contributed by atoms with Crippen LogP contribution in [0.4, 0.5) is 0 Å². The normalized spacial score (nSPS) is 12.3. The second-order valence-electron chi connectivity index (χ2n) is 3.83. The first kappa shape index (κ1) is 13.0. The Morgan fingerprint density at radius 1 is 1.56 bits per heavy atom. The van der Waals surface area contributed by atoms with Gasteiger partial charge in [-0.3, -0.25) is 0 Å². The molecule has 0 spiro atoms. The van der Waals surface area contributed by atoms with Crippen molar-refractivity contribution in [1.82, 2.24) is 10.1 Å². The summed E-state index contributed by atoms with van der Waals surface area (Å²) >= 11 is 1.81. The lowest BCUT2D eigenvalue weighted by molar-refractivity contribution is 0.356. The van der Waals surface area contributed by atoms with E-state index in [1.54, 1.807) is 0 Å². The molecule has 0 aliphatic rings. The molecule has 0 N–H and O–H groups in total. The van der Waals surface area contributed by atoms with Gasteiger partial charge >= 0.3 is 0 Å². The molecule has 1 aromatic heterocycles. The average molecular weight is 239 g/mol. The number of aromatic nitrogens is 2. The predicted octanol–water partition coefficient (Wildman–Crippen LogP) is 2.81. The number of hydrogen-bond acceptors (Lipinski definition) is 5. The summed E-state index contributed by atoms with van der Waals surface area (Å²) in [5.41, 5.74) is 0. The van der Waals surface area contributed by atoms with Gasteiger partial charge in [0.1, 0.15) is 0 Å². The standard InChI is InChI=1S/C11H17N3OS/c1-3-6-16-8-10-13-11(15-14-10)7-9(2)4-5-12/h9H,3-4,6-8H2,1-2H3. The highest BCUT2D eigenvalue weighted by molar-refractivity contribution is 7.98. The Hall–Kier alpha value is -1.02. The van der Waals surface area contributed by atoms with Gasteiger partial charge in [-0.15, -0.1) is 0 Å². The van der Waals surface area contributed by atoms with E-state index >= 15 is 0 Å². The summed E-state index contributed by atoms with van der Waals surface area (Å²) in [6.07, 6.45) is 2.38. The van der Waals surface area contributed by atoms with Crippen molar-refractivity contribution in [3.05, 3.63) is 11.7 Å². The van der Waals surface area contributed by atoms with Crippen LogP contribution in [0.25, 0.3) is 0 Å². The SMILES string of the molecule is CCCSCc1noc(CC(C)CC#N)n1. The van der Waals surface area contributed by atoms with E-state index in [4.69, 9.17) is 9.78 Å². The molecule has 0 aliphatic carbocycles. The summed E-state index contributed by atoms with van der Waals surface area (Å²) in [5, 5.41) is 12.5. The molecule has 0 fully saturated rings. The van der Waals surface area contributed by atoms with Crippen LogP contribution in [0.1, 0.15) is 38.4 Å². The zero-order valence-corrected chi connectivity index (χ0v) is 10.6. The van der Waals surface area contributed by atoms with Crippen molar-refractivity contribution >= 4 is 11.8 Å². The predicted molar refractivity (Wildman–Crippen MR) is 63.8 cm³/mol. The number of rotatable bonds is 7. The Bertz CT molecular complexity index is 345. The lowest BCUT2D eigenvalue weighted by Crippen LogP contribution is -1.98. The van der Waals surface area contributed by atoms with Crippen LogP contribution in [0.2, 0.25) is 0 Å². The van der Waals surface area contributed by atoms with Crippen molar-refractivity contribution < 1.29 is 4.52 Å². The van der Waals surface area contributed by atoms with Crippen molar-refractivity contribution in [2.45, 2.75) is 38.9 Å². The minimum absolute atomic E-state index is 0.279. The molecule has 0 saturated heterocycles. The first-order chi connectivity index (χ1) is 7.76. The van der Waals surface area contributed by atoms with Gasteiger partial charge in [-0.25, -0.2) is 0 Å². The van der Waals surface area contributed by atoms with E-state index in [-0.39, 0.29) is 5.92 Å². The van der Waals surface area contributed by atoms with Gasteiger partial charge in [-0.05, 0) is 18.1 Å². The Morgan fingerprint density at radius 2 is 2.38 bits per heavy atom. The Kier molecular flexibility index (Phi) is 5.94. The van der Waals surface area contributed by atoms with Crippen molar-refractivity contribution in [2.24, 2.45) is 5.92 Å². The van der Waals surface area contributed by atoms with E-state index in [0.29, 0.717) is 18.7 Å². The monoisotopic (exact) mass is 239 g/mol. The lowest BCUT2D eigenvalue weighted by atomic mass is 10.1. The van der Waals surface area contributed by atoms with Gasteiger partial charge in [0.25, 0.3) is 0 Å². The highest BCUT2D eigenvalue weighted by Crippen LogP contribution is 2.13. The molecule has 4 nitrogen and oxygen atoms in total.